The fraction of sp³-hybridized carbons (Fsp3) is 0.235. The zero-order valence-corrected chi connectivity index (χ0v) is 14.2. The predicted molar refractivity (Wildman–Crippen MR) is 92.2 cm³/mol. The Labute approximate surface area is 149 Å². The van der Waals surface area contributed by atoms with E-state index in [1.807, 2.05) is 0 Å². The molecule has 136 valence electrons. The van der Waals surface area contributed by atoms with Gasteiger partial charge in [-0.3, -0.25) is 4.79 Å². The Kier molecular flexibility index (Phi) is 6.20. The lowest BCUT2D eigenvalue weighted by Crippen LogP contribution is -2.22. The molecule has 0 atom stereocenters. The van der Waals surface area contributed by atoms with Gasteiger partial charge in [0.05, 0.1) is 17.9 Å². The summed E-state index contributed by atoms with van der Waals surface area (Å²) in [5.41, 5.74) is 0.915. The molecule has 1 aromatic carbocycles. The molecule has 2 aromatic rings. The van der Waals surface area contributed by atoms with E-state index in [0.29, 0.717) is 5.69 Å². The average Bonchev–Trinajstić information content (AvgIpc) is 2.61. The van der Waals surface area contributed by atoms with Gasteiger partial charge in [-0.1, -0.05) is 12.1 Å². The van der Waals surface area contributed by atoms with Gasteiger partial charge in [-0.05, 0) is 41.1 Å². The number of anilines is 1. The third-order valence-corrected chi connectivity index (χ3v) is 3.21. The van der Waals surface area contributed by atoms with Crippen LogP contribution in [0.3, 0.4) is 0 Å². The van der Waals surface area contributed by atoms with Crippen LogP contribution in [0.4, 0.5) is 11.5 Å². The Morgan fingerprint density at radius 3 is 2.65 bits per heavy atom. The molecular formula is C17H17N3O6. The van der Waals surface area contributed by atoms with Crippen LogP contribution >= 0.6 is 0 Å². The minimum atomic E-state index is -0.684. The van der Waals surface area contributed by atoms with Gasteiger partial charge in [0, 0.05) is 6.92 Å². The maximum absolute atomic E-state index is 12.1. The molecule has 0 saturated heterocycles. The smallest absolute Gasteiger partial charge is 0.406 e. The molecule has 0 bridgehead atoms. The van der Waals surface area contributed by atoms with E-state index in [1.54, 1.807) is 32.0 Å². The summed E-state index contributed by atoms with van der Waals surface area (Å²) in [5.74, 6) is -1.74. The second-order valence-electron chi connectivity index (χ2n) is 5.13. The van der Waals surface area contributed by atoms with Crippen LogP contribution in [0.15, 0.2) is 36.4 Å². The topological polar surface area (TPSA) is 121 Å². The molecule has 0 unspecified atom stereocenters. The van der Waals surface area contributed by atoms with Crippen molar-refractivity contribution in [2.24, 2.45) is 0 Å². The van der Waals surface area contributed by atoms with Gasteiger partial charge in [0.2, 0.25) is 5.75 Å². The van der Waals surface area contributed by atoms with Crippen LogP contribution in [0.1, 0.15) is 23.0 Å². The number of carbonyl (C=O) groups excluding carboxylic acids is 2. The maximum Gasteiger partial charge on any atom is 0.406 e. The monoisotopic (exact) mass is 359 g/mol. The van der Waals surface area contributed by atoms with Gasteiger partial charge < -0.3 is 24.9 Å². The second-order valence-corrected chi connectivity index (χ2v) is 5.13. The van der Waals surface area contributed by atoms with Gasteiger partial charge in [0.15, 0.2) is 6.61 Å². The number of pyridine rings is 1. The van der Waals surface area contributed by atoms with Crippen LogP contribution in [-0.4, -0.2) is 35.0 Å². The molecule has 0 aliphatic rings. The van der Waals surface area contributed by atoms with Crippen molar-refractivity contribution >= 4 is 23.4 Å². The fourth-order valence-electron chi connectivity index (χ4n) is 2.08. The van der Waals surface area contributed by atoms with Gasteiger partial charge in [-0.2, -0.15) is 0 Å². The molecule has 0 aliphatic heterocycles. The summed E-state index contributed by atoms with van der Waals surface area (Å²) in [6.45, 7) is 3.00. The van der Waals surface area contributed by atoms with E-state index in [4.69, 9.17) is 9.47 Å². The van der Waals surface area contributed by atoms with E-state index in [0.717, 1.165) is 0 Å². The Morgan fingerprint density at radius 2 is 1.96 bits per heavy atom. The number of aryl methyl sites for hydroxylation is 1. The molecular weight excluding hydrogens is 342 g/mol. The number of hydrogen-bond acceptors (Lipinski definition) is 7. The second kappa shape index (κ2) is 8.56. The lowest BCUT2D eigenvalue weighted by molar-refractivity contribution is -0.390. The summed E-state index contributed by atoms with van der Waals surface area (Å²) in [6, 6.07) is 9.26. The number of nitrogens with one attached hydrogen (secondary N) is 1. The summed E-state index contributed by atoms with van der Waals surface area (Å²) in [7, 11) is 0. The van der Waals surface area contributed by atoms with Crippen molar-refractivity contribution in [3.63, 3.8) is 0 Å². The Balaban J connectivity index is 2.07. The van der Waals surface area contributed by atoms with Gasteiger partial charge >= 0.3 is 11.8 Å². The molecule has 0 spiro atoms. The Bertz CT molecular complexity index is 837. The molecule has 0 aliphatic carbocycles. The number of amides is 1. The van der Waals surface area contributed by atoms with Crippen LogP contribution in [0.5, 0.6) is 5.75 Å². The van der Waals surface area contributed by atoms with E-state index >= 15 is 0 Å². The molecule has 26 heavy (non-hydrogen) atoms. The minimum Gasteiger partial charge on any atom is -0.476 e. The fourth-order valence-corrected chi connectivity index (χ4v) is 2.08. The lowest BCUT2D eigenvalue weighted by atomic mass is 10.2. The van der Waals surface area contributed by atoms with E-state index in [9.17, 15) is 19.7 Å². The molecule has 2 rings (SSSR count). The molecule has 9 nitrogen and oxygen atoms in total. The van der Waals surface area contributed by atoms with E-state index < -0.39 is 29.2 Å². The highest BCUT2D eigenvalue weighted by atomic mass is 16.6. The highest BCUT2D eigenvalue weighted by Crippen LogP contribution is 2.24. The average molecular weight is 359 g/mol. The first-order valence-electron chi connectivity index (χ1n) is 7.73. The SMILES string of the molecule is CCOC(=O)c1ccccc1NC(=O)COc1ccc(C)nc1[N+](=O)[O-]. The van der Waals surface area contributed by atoms with Gasteiger partial charge in [0.25, 0.3) is 5.91 Å². The van der Waals surface area contributed by atoms with Crippen LogP contribution in [0, 0.1) is 17.0 Å². The standard InChI is InChI=1S/C17H17N3O6/c1-3-25-17(22)12-6-4-5-7-13(12)19-15(21)10-26-14-9-8-11(2)18-16(14)20(23)24/h4-9H,3,10H2,1-2H3,(H,19,21). The first kappa shape index (κ1) is 18.8. The number of benzene rings is 1. The van der Waals surface area contributed by atoms with Gasteiger partial charge in [-0.15, -0.1) is 0 Å². The van der Waals surface area contributed by atoms with Crippen molar-refractivity contribution < 1.29 is 24.0 Å². The van der Waals surface area contributed by atoms with Crippen LogP contribution in [-0.2, 0) is 9.53 Å². The molecule has 0 saturated carbocycles. The number of rotatable bonds is 7. The first-order chi connectivity index (χ1) is 12.4. The molecule has 1 N–H and O–H groups in total. The quantitative estimate of drug-likeness (QED) is 0.458. The summed E-state index contributed by atoms with van der Waals surface area (Å²) >= 11 is 0. The highest BCUT2D eigenvalue weighted by molar-refractivity contribution is 6.01. The first-order valence-corrected chi connectivity index (χ1v) is 7.73. The Hall–Kier alpha value is -3.49. The molecule has 0 radical (unpaired) electrons. The minimum absolute atomic E-state index is 0.116. The van der Waals surface area contributed by atoms with E-state index in [2.05, 4.69) is 10.3 Å². The maximum atomic E-state index is 12.1. The third kappa shape index (κ3) is 4.76. The van der Waals surface area contributed by atoms with Crippen molar-refractivity contribution in [1.82, 2.24) is 4.98 Å². The van der Waals surface area contributed by atoms with Crippen molar-refractivity contribution in [3.8, 4) is 5.75 Å². The van der Waals surface area contributed by atoms with Crippen molar-refractivity contribution in [3.05, 3.63) is 57.8 Å². The number of aromatic nitrogens is 1. The number of ether oxygens (including phenoxy) is 2. The summed E-state index contributed by atoms with van der Waals surface area (Å²) in [5, 5.41) is 13.5. The molecule has 1 amide bonds. The normalized spacial score (nSPS) is 10.1. The third-order valence-electron chi connectivity index (χ3n) is 3.21. The van der Waals surface area contributed by atoms with Crippen LogP contribution < -0.4 is 10.1 Å². The zero-order chi connectivity index (χ0) is 19.1. The van der Waals surface area contributed by atoms with Crippen molar-refractivity contribution in [2.45, 2.75) is 13.8 Å². The van der Waals surface area contributed by atoms with Crippen LogP contribution in [0.25, 0.3) is 0 Å². The van der Waals surface area contributed by atoms with Crippen molar-refractivity contribution in [1.29, 1.82) is 0 Å². The Morgan fingerprint density at radius 1 is 1.23 bits per heavy atom. The predicted octanol–water partition coefficient (Wildman–Crippen LogP) is 2.49. The number of nitro groups is 1. The molecule has 0 fully saturated rings. The number of esters is 1. The highest BCUT2D eigenvalue weighted by Gasteiger charge is 2.19. The number of hydrogen-bond donors (Lipinski definition) is 1. The summed E-state index contributed by atoms with van der Waals surface area (Å²) in [4.78, 5) is 38.1. The zero-order valence-electron chi connectivity index (χ0n) is 14.2. The van der Waals surface area contributed by atoms with Crippen molar-refractivity contribution in [2.75, 3.05) is 18.5 Å². The van der Waals surface area contributed by atoms with Gasteiger partial charge in [-0.25, -0.2) is 4.79 Å². The van der Waals surface area contributed by atoms with E-state index in [-0.39, 0.29) is 23.6 Å². The molecule has 1 aromatic heterocycles. The number of nitrogens with zero attached hydrogens (tertiary/aromatic N) is 2. The number of para-hydroxylation sites is 1. The summed E-state index contributed by atoms with van der Waals surface area (Å²) < 4.78 is 10.1. The molecule has 9 heteroatoms. The number of carbonyl (C=O) groups is 2. The largest absolute Gasteiger partial charge is 0.476 e. The van der Waals surface area contributed by atoms with Crippen LogP contribution in [0.2, 0.25) is 0 Å². The van der Waals surface area contributed by atoms with Gasteiger partial charge in [0.1, 0.15) is 5.69 Å². The molecule has 1 heterocycles. The lowest BCUT2D eigenvalue weighted by Gasteiger charge is -2.11. The van der Waals surface area contributed by atoms with E-state index in [1.165, 1.54) is 18.2 Å². The summed E-state index contributed by atoms with van der Waals surface area (Å²) in [6.07, 6.45) is 0.